The molecule has 3 fully saturated rings. The number of likely N-dealkylation sites (tertiary alicyclic amines) is 2. The fourth-order valence-corrected chi connectivity index (χ4v) is 8.31. The third kappa shape index (κ3) is 9.38. The lowest BCUT2D eigenvalue weighted by atomic mass is 9.84. The van der Waals surface area contributed by atoms with Crippen LogP contribution in [0.25, 0.3) is 11.1 Å². The first-order valence-electron chi connectivity index (χ1n) is 19.4. The standard InChI is InChI=1S/C44H47ClF3N3O6/c1-28-38(26-50-22-19-43(55,20-23-50)35-15-17-36(45)18-16-35)56-41(57-39(28)32-9-7-29(27-52)8-10-32)33-13-11-31(12-14-33)34-5-2-4-30(24-34)25-49-40(53)37-6-3-21-51(37)42(54)44(46,47)48/h2,4-5,7-18,24,28,37-39,41,52,55H,3,6,19-23,25-27H2,1H3,(H,49,53)/t28-,37-,38+,39+,41+/m0/s1. The Morgan fingerprint density at radius 3 is 2.23 bits per heavy atom. The van der Waals surface area contributed by atoms with Crippen molar-refractivity contribution in [2.45, 2.75) is 82.1 Å². The van der Waals surface area contributed by atoms with Gasteiger partial charge in [-0.3, -0.25) is 9.59 Å². The third-order valence-corrected chi connectivity index (χ3v) is 11.8. The van der Waals surface area contributed by atoms with Gasteiger partial charge < -0.3 is 34.8 Å². The van der Waals surface area contributed by atoms with Crippen LogP contribution in [0.1, 0.15) is 72.8 Å². The number of alkyl halides is 3. The van der Waals surface area contributed by atoms with Crippen molar-refractivity contribution in [3.8, 4) is 11.1 Å². The maximum absolute atomic E-state index is 13.1. The minimum Gasteiger partial charge on any atom is -0.392 e. The topological polar surface area (TPSA) is 112 Å². The number of carbonyl (C=O) groups is 2. The molecule has 3 aliphatic heterocycles. The van der Waals surface area contributed by atoms with Crippen molar-refractivity contribution in [1.82, 2.24) is 15.1 Å². The molecule has 0 saturated carbocycles. The van der Waals surface area contributed by atoms with Gasteiger partial charge in [0, 0.05) is 49.2 Å². The Balaban J connectivity index is 1.03. The van der Waals surface area contributed by atoms with Gasteiger partial charge in [-0.25, -0.2) is 0 Å². The number of hydrogen-bond acceptors (Lipinski definition) is 7. The predicted octanol–water partition coefficient (Wildman–Crippen LogP) is 7.44. The van der Waals surface area contributed by atoms with E-state index in [0.29, 0.717) is 48.8 Å². The first-order valence-corrected chi connectivity index (χ1v) is 19.8. The maximum atomic E-state index is 13.1. The summed E-state index contributed by atoms with van der Waals surface area (Å²) >= 11 is 6.10. The van der Waals surface area contributed by atoms with Crippen molar-refractivity contribution in [2.24, 2.45) is 5.92 Å². The van der Waals surface area contributed by atoms with Crippen LogP contribution in [0.2, 0.25) is 5.02 Å². The molecule has 0 spiro atoms. The Bertz CT molecular complexity index is 2010. The molecule has 2 amide bonds. The summed E-state index contributed by atoms with van der Waals surface area (Å²) in [6.45, 7) is 4.11. The van der Waals surface area contributed by atoms with Crippen molar-refractivity contribution in [1.29, 1.82) is 0 Å². The van der Waals surface area contributed by atoms with E-state index in [1.807, 2.05) is 97.1 Å². The molecule has 57 heavy (non-hydrogen) atoms. The smallest absolute Gasteiger partial charge is 0.392 e. The van der Waals surface area contributed by atoms with Gasteiger partial charge >= 0.3 is 12.1 Å². The zero-order valence-electron chi connectivity index (χ0n) is 31.6. The number of rotatable bonds is 10. The number of ether oxygens (including phenoxy) is 2. The lowest BCUT2D eigenvalue weighted by Gasteiger charge is -2.45. The molecular formula is C44H47ClF3N3O6. The lowest BCUT2D eigenvalue weighted by molar-refractivity contribution is -0.277. The van der Waals surface area contributed by atoms with Crippen LogP contribution >= 0.6 is 11.6 Å². The van der Waals surface area contributed by atoms with E-state index in [2.05, 4.69) is 17.1 Å². The first-order chi connectivity index (χ1) is 27.3. The Kier molecular flexibility index (Phi) is 12.4. The molecule has 302 valence electrons. The normalized spacial score (nSPS) is 24.0. The van der Waals surface area contributed by atoms with Crippen molar-refractivity contribution in [3.63, 3.8) is 0 Å². The fraction of sp³-hybridized carbons (Fsp3) is 0.409. The zero-order chi connectivity index (χ0) is 40.3. The molecule has 0 aromatic heterocycles. The summed E-state index contributed by atoms with van der Waals surface area (Å²) in [7, 11) is 0. The van der Waals surface area contributed by atoms with Gasteiger partial charge in [-0.15, -0.1) is 0 Å². The quantitative estimate of drug-likeness (QED) is 0.153. The summed E-state index contributed by atoms with van der Waals surface area (Å²) in [6, 6.07) is 29.4. The first kappa shape index (κ1) is 40.9. The van der Waals surface area contributed by atoms with E-state index in [1.54, 1.807) is 0 Å². The molecule has 5 atom stereocenters. The van der Waals surface area contributed by atoms with Crippen molar-refractivity contribution in [2.75, 3.05) is 26.2 Å². The molecule has 0 aliphatic carbocycles. The molecule has 4 aromatic carbocycles. The summed E-state index contributed by atoms with van der Waals surface area (Å²) in [5.41, 5.74) is 5.13. The molecule has 3 saturated heterocycles. The van der Waals surface area contributed by atoms with Crippen molar-refractivity contribution in [3.05, 3.63) is 130 Å². The maximum Gasteiger partial charge on any atom is 0.471 e. The molecule has 0 radical (unpaired) electrons. The van der Waals surface area contributed by atoms with E-state index >= 15 is 0 Å². The average molecular weight is 806 g/mol. The van der Waals surface area contributed by atoms with Crippen LogP contribution in [-0.2, 0) is 37.8 Å². The molecule has 9 nitrogen and oxygen atoms in total. The van der Waals surface area contributed by atoms with Gasteiger partial charge in [-0.1, -0.05) is 97.4 Å². The second kappa shape index (κ2) is 17.3. The third-order valence-electron chi connectivity index (χ3n) is 11.6. The van der Waals surface area contributed by atoms with Crippen LogP contribution in [0, 0.1) is 5.92 Å². The number of carbonyl (C=O) groups excluding carboxylic acids is 2. The lowest BCUT2D eigenvalue weighted by Crippen LogP contribution is -2.50. The average Bonchev–Trinajstić information content (AvgIpc) is 3.71. The van der Waals surface area contributed by atoms with E-state index < -0.39 is 35.9 Å². The van der Waals surface area contributed by atoms with Crippen molar-refractivity contribution < 1.29 is 42.4 Å². The predicted molar refractivity (Wildman–Crippen MR) is 209 cm³/mol. The Labute approximate surface area is 335 Å². The summed E-state index contributed by atoms with van der Waals surface area (Å²) in [4.78, 5) is 27.7. The highest BCUT2D eigenvalue weighted by atomic mass is 35.5. The summed E-state index contributed by atoms with van der Waals surface area (Å²) in [5, 5.41) is 24.5. The van der Waals surface area contributed by atoms with E-state index in [4.69, 9.17) is 21.1 Å². The zero-order valence-corrected chi connectivity index (χ0v) is 32.4. The van der Waals surface area contributed by atoms with Crippen molar-refractivity contribution >= 4 is 23.4 Å². The number of halogens is 4. The van der Waals surface area contributed by atoms with Crippen LogP contribution in [0.4, 0.5) is 13.2 Å². The second-order valence-electron chi connectivity index (χ2n) is 15.4. The Morgan fingerprint density at radius 2 is 1.56 bits per heavy atom. The molecular weight excluding hydrogens is 759 g/mol. The molecule has 0 unspecified atom stereocenters. The molecule has 0 bridgehead atoms. The largest absolute Gasteiger partial charge is 0.471 e. The number of hydrogen-bond donors (Lipinski definition) is 3. The van der Waals surface area contributed by atoms with Gasteiger partial charge in [0.1, 0.15) is 6.04 Å². The Hall–Kier alpha value is -4.30. The fourth-order valence-electron chi connectivity index (χ4n) is 8.18. The highest BCUT2D eigenvalue weighted by Gasteiger charge is 2.48. The van der Waals surface area contributed by atoms with Gasteiger partial charge in [0.05, 0.1) is 24.4 Å². The van der Waals surface area contributed by atoms with Gasteiger partial charge in [-0.05, 0) is 77.3 Å². The second-order valence-corrected chi connectivity index (χ2v) is 15.8. The number of nitrogens with zero attached hydrogens (tertiary/aromatic N) is 2. The van der Waals surface area contributed by atoms with Crippen LogP contribution in [-0.4, -0.2) is 76.3 Å². The molecule has 3 aliphatic rings. The van der Waals surface area contributed by atoms with E-state index in [0.717, 1.165) is 38.9 Å². The molecule has 13 heteroatoms. The van der Waals surface area contributed by atoms with E-state index in [9.17, 15) is 33.0 Å². The van der Waals surface area contributed by atoms with Crippen LogP contribution in [0.5, 0.6) is 0 Å². The number of benzene rings is 4. The number of nitrogens with one attached hydrogen (secondary N) is 1. The molecule has 4 aromatic rings. The SMILES string of the molecule is C[C@H]1[C@@H](CN2CCC(O)(c3ccc(Cl)cc3)CC2)O[C@@H](c2ccc(-c3cccc(CNC(=O)[C@@H]4CCCN4C(=O)C(F)(F)F)c3)cc2)O[C@H]1c1ccc(CO)cc1. The summed E-state index contributed by atoms with van der Waals surface area (Å²) in [6.07, 6.45) is -4.50. The number of amides is 2. The number of piperidine rings is 1. The van der Waals surface area contributed by atoms with E-state index in [1.165, 1.54) is 0 Å². The van der Waals surface area contributed by atoms with Gasteiger partial charge in [0.2, 0.25) is 5.91 Å². The highest BCUT2D eigenvalue weighted by molar-refractivity contribution is 6.30. The molecule has 3 N–H and O–H groups in total. The summed E-state index contributed by atoms with van der Waals surface area (Å²) < 4.78 is 52.6. The van der Waals surface area contributed by atoms with Crippen LogP contribution in [0.15, 0.2) is 97.1 Å². The molecule has 3 heterocycles. The number of aliphatic hydroxyl groups excluding tert-OH is 1. The molecule has 7 rings (SSSR count). The van der Waals surface area contributed by atoms with Gasteiger partial charge in [0.25, 0.3) is 0 Å². The minimum absolute atomic E-state index is 0.0114. The summed E-state index contributed by atoms with van der Waals surface area (Å²) in [5.74, 6) is -2.61. The van der Waals surface area contributed by atoms with Gasteiger partial charge in [0.15, 0.2) is 6.29 Å². The van der Waals surface area contributed by atoms with Crippen LogP contribution < -0.4 is 5.32 Å². The highest BCUT2D eigenvalue weighted by Crippen LogP contribution is 2.43. The van der Waals surface area contributed by atoms with E-state index in [-0.39, 0.29) is 44.2 Å². The Morgan fingerprint density at radius 1 is 0.877 bits per heavy atom. The number of aliphatic hydroxyl groups is 2. The van der Waals surface area contributed by atoms with Gasteiger partial charge in [-0.2, -0.15) is 13.2 Å². The monoisotopic (exact) mass is 805 g/mol. The van der Waals surface area contributed by atoms with Crippen LogP contribution in [0.3, 0.4) is 0 Å². The minimum atomic E-state index is -5.03.